The highest BCUT2D eigenvalue weighted by Gasteiger charge is 2.43. The number of rotatable bonds is 7. The minimum Gasteiger partial charge on any atom is -0.472 e. The molecular formula is C17H16F4N2O4S. The van der Waals surface area contributed by atoms with Gasteiger partial charge in [-0.15, -0.1) is 11.3 Å². The average molecular weight is 420 g/mol. The van der Waals surface area contributed by atoms with Gasteiger partial charge in [0.2, 0.25) is 12.1 Å². The Hall–Kier alpha value is -2.69. The van der Waals surface area contributed by atoms with Crippen LogP contribution in [0, 0.1) is 6.92 Å². The van der Waals surface area contributed by atoms with Crippen molar-refractivity contribution in [2.45, 2.75) is 25.9 Å². The molecule has 11 heteroatoms. The maximum absolute atomic E-state index is 13.5. The van der Waals surface area contributed by atoms with Crippen molar-refractivity contribution in [2.24, 2.45) is 5.16 Å². The highest BCUT2D eigenvalue weighted by Crippen LogP contribution is 2.40. The molecule has 28 heavy (non-hydrogen) atoms. The monoisotopic (exact) mass is 420 g/mol. The molecule has 0 aliphatic heterocycles. The second-order valence-electron chi connectivity index (χ2n) is 5.38. The highest BCUT2D eigenvalue weighted by molar-refractivity contribution is 7.11. The molecule has 0 aliphatic rings. The molecule has 1 heterocycles. The number of benzene rings is 1. The van der Waals surface area contributed by atoms with Crippen LogP contribution in [0.1, 0.15) is 27.2 Å². The Bertz CT molecular complexity index is 867. The smallest absolute Gasteiger partial charge is 0.426 e. The lowest BCUT2D eigenvalue weighted by Crippen LogP contribution is -2.20. The van der Waals surface area contributed by atoms with E-state index >= 15 is 0 Å². The zero-order chi connectivity index (χ0) is 20.9. The normalized spacial score (nSPS) is 13.2. The average Bonchev–Trinajstić information content (AvgIpc) is 3.03. The fraction of sp³-hybridized carbons (Fsp3) is 0.353. The standard InChI is InChI=1S/C17H16F4N2O4S/c1-9-14(22-15(28-9)13(18)17(19,20)21)27-8-10-6-4-5-7-11(10)12(23-26-3)16(24)25-2/h4-7,13H,8H2,1-3H3/b23-12+. The fourth-order valence-electron chi connectivity index (χ4n) is 2.19. The van der Waals surface area contributed by atoms with Crippen LogP contribution in [0.15, 0.2) is 29.4 Å². The van der Waals surface area contributed by atoms with Gasteiger partial charge in [-0.2, -0.15) is 13.2 Å². The molecule has 2 rings (SSSR count). The summed E-state index contributed by atoms with van der Waals surface area (Å²) in [5, 5.41) is 2.92. The van der Waals surface area contributed by atoms with Crippen LogP contribution in [-0.4, -0.2) is 37.1 Å². The molecule has 1 atom stereocenters. The Kier molecular flexibility index (Phi) is 6.95. The van der Waals surface area contributed by atoms with E-state index in [1.54, 1.807) is 24.3 Å². The van der Waals surface area contributed by atoms with E-state index in [0.29, 0.717) is 22.5 Å². The third-order valence-electron chi connectivity index (χ3n) is 3.47. The molecule has 6 nitrogen and oxygen atoms in total. The lowest BCUT2D eigenvalue weighted by atomic mass is 10.0. The third kappa shape index (κ3) is 4.97. The van der Waals surface area contributed by atoms with E-state index in [0.717, 1.165) is 0 Å². The SMILES string of the molecule is CO/N=C(/C(=O)OC)c1ccccc1COc1nc(C(F)C(F)(F)F)sc1C. The maximum atomic E-state index is 13.5. The van der Waals surface area contributed by atoms with Crippen molar-refractivity contribution in [3.8, 4) is 5.88 Å². The van der Waals surface area contributed by atoms with Crippen LogP contribution in [0.3, 0.4) is 0 Å². The molecule has 0 bridgehead atoms. The summed E-state index contributed by atoms with van der Waals surface area (Å²) in [6.07, 6.45) is -8.22. The minimum absolute atomic E-state index is 0.110. The Morgan fingerprint density at radius 3 is 2.57 bits per heavy atom. The molecule has 0 amide bonds. The third-order valence-corrected chi connectivity index (χ3v) is 4.46. The summed E-state index contributed by atoms with van der Waals surface area (Å²) in [5.74, 6) is -0.864. The van der Waals surface area contributed by atoms with Gasteiger partial charge < -0.3 is 14.3 Å². The van der Waals surface area contributed by atoms with Gasteiger partial charge >= 0.3 is 12.1 Å². The first-order valence-electron chi connectivity index (χ1n) is 7.77. The number of methoxy groups -OCH3 is 1. The van der Waals surface area contributed by atoms with E-state index in [1.807, 2.05) is 0 Å². The number of thiazole rings is 1. The van der Waals surface area contributed by atoms with Crippen LogP contribution >= 0.6 is 11.3 Å². The summed E-state index contributed by atoms with van der Waals surface area (Å²) < 4.78 is 61.2. The van der Waals surface area contributed by atoms with E-state index in [1.165, 1.54) is 21.1 Å². The number of hydrogen-bond acceptors (Lipinski definition) is 7. The summed E-state index contributed by atoms with van der Waals surface area (Å²) in [7, 11) is 2.44. The van der Waals surface area contributed by atoms with Gasteiger partial charge in [0.25, 0.3) is 0 Å². The number of alkyl halides is 4. The molecule has 0 spiro atoms. The summed E-state index contributed by atoms with van der Waals surface area (Å²) in [6, 6.07) is 6.52. The number of halogens is 4. The predicted octanol–water partition coefficient (Wildman–Crippen LogP) is 4.13. The van der Waals surface area contributed by atoms with Gasteiger partial charge in [0.05, 0.1) is 12.0 Å². The van der Waals surface area contributed by atoms with E-state index in [2.05, 4.69) is 19.7 Å². The molecule has 1 aromatic heterocycles. The summed E-state index contributed by atoms with van der Waals surface area (Å²) >= 11 is 0.563. The van der Waals surface area contributed by atoms with Gasteiger partial charge in [-0.05, 0) is 12.5 Å². The van der Waals surface area contributed by atoms with Crippen LogP contribution in [0.2, 0.25) is 0 Å². The van der Waals surface area contributed by atoms with Crippen molar-refractivity contribution < 1.29 is 36.7 Å². The van der Waals surface area contributed by atoms with E-state index in [-0.39, 0.29) is 23.1 Å². The van der Waals surface area contributed by atoms with Crippen molar-refractivity contribution in [3.63, 3.8) is 0 Å². The van der Waals surface area contributed by atoms with Crippen molar-refractivity contribution in [1.82, 2.24) is 4.98 Å². The number of carbonyl (C=O) groups is 1. The van der Waals surface area contributed by atoms with Crippen LogP contribution in [-0.2, 0) is 21.0 Å². The Labute approximate surface area is 161 Å². The van der Waals surface area contributed by atoms with Gasteiger partial charge in [-0.25, -0.2) is 14.2 Å². The van der Waals surface area contributed by atoms with E-state index < -0.39 is 23.3 Å². The second-order valence-corrected chi connectivity index (χ2v) is 6.61. The minimum atomic E-state index is -5.04. The largest absolute Gasteiger partial charge is 0.472 e. The number of carbonyl (C=O) groups excluding carboxylic acids is 1. The van der Waals surface area contributed by atoms with Crippen LogP contribution in [0.5, 0.6) is 5.88 Å². The number of oxime groups is 1. The first-order chi connectivity index (χ1) is 13.2. The zero-order valence-electron chi connectivity index (χ0n) is 15.0. The molecule has 0 saturated carbocycles. The topological polar surface area (TPSA) is 70.0 Å². The first-order valence-corrected chi connectivity index (χ1v) is 8.59. The Balaban J connectivity index is 2.26. The quantitative estimate of drug-likeness (QED) is 0.292. The number of hydrogen-bond donors (Lipinski definition) is 0. The molecule has 152 valence electrons. The summed E-state index contributed by atoms with van der Waals surface area (Å²) in [5.41, 5.74) is 0.717. The highest BCUT2D eigenvalue weighted by atomic mass is 32.1. The van der Waals surface area contributed by atoms with Gasteiger partial charge in [0.15, 0.2) is 5.71 Å². The summed E-state index contributed by atoms with van der Waals surface area (Å²) in [4.78, 5) is 20.5. The number of aryl methyl sites for hydroxylation is 1. The Morgan fingerprint density at radius 2 is 1.96 bits per heavy atom. The van der Waals surface area contributed by atoms with Gasteiger partial charge in [0, 0.05) is 5.56 Å². The second kappa shape index (κ2) is 9.00. The number of esters is 1. The lowest BCUT2D eigenvalue weighted by Gasteiger charge is -2.11. The van der Waals surface area contributed by atoms with Crippen LogP contribution in [0.4, 0.5) is 17.6 Å². The predicted molar refractivity (Wildman–Crippen MR) is 93.1 cm³/mol. The van der Waals surface area contributed by atoms with Crippen molar-refractivity contribution >= 4 is 23.0 Å². The molecule has 0 N–H and O–H groups in total. The van der Waals surface area contributed by atoms with E-state index in [9.17, 15) is 22.4 Å². The Morgan fingerprint density at radius 1 is 1.29 bits per heavy atom. The van der Waals surface area contributed by atoms with Gasteiger partial charge in [-0.3, -0.25) is 0 Å². The van der Waals surface area contributed by atoms with Crippen molar-refractivity contribution in [1.29, 1.82) is 0 Å². The number of aromatic nitrogens is 1. The molecule has 2 aromatic rings. The van der Waals surface area contributed by atoms with Crippen LogP contribution in [0.25, 0.3) is 0 Å². The maximum Gasteiger partial charge on any atom is 0.426 e. The number of nitrogens with zero attached hydrogens (tertiary/aromatic N) is 2. The first kappa shape index (κ1) is 21.6. The van der Waals surface area contributed by atoms with Gasteiger partial charge in [-0.1, -0.05) is 29.4 Å². The summed E-state index contributed by atoms with van der Waals surface area (Å²) in [6.45, 7) is 1.32. The molecule has 0 aliphatic carbocycles. The molecule has 0 radical (unpaired) electrons. The molecular weight excluding hydrogens is 404 g/mol. The van der Waals surface area contributed by atoms with Gasteiger partial charge in [0.1, 0.15) is 18.7 Å². The van der Waals surface area contributed by atoms with Crippen molar-refractivity contribution in [3.05, 3.63) is 45.3 Å². The molecule has 0 fully saturated rings. The van der Waals surface area contributed by atoms with Crippen LogP contribution < -0.4 is 4.74 Å². The molecule has 1 aromatic carbocycles. The lowest BCUT2D eigenvalue weighted by molar-refractivity contribution is -0.182. The van der Waals surface area contributed by atoms with E-state index in [4.69, 9.17) is 4.74 Å². The molecule has 1 unspecified atom stereocenters. The zero-order valence-corrected chi connectivity index (χ0v) is 15.9. The number of ether oxygens (including phenoxy) is 2. The fourth-order valence-corrected chi connectivity index (χ4v) is 3.06. The van der Waals surface area contributed by atoms with Crippen molar-refractivity contribution in [2.75, 3.05) is 14.2 Å². The molecule has 0 saturated heterocycles.